The largest absolute Gasteiger partial charge is 0.396 e. The van der Waals surface area contributed by atoms with Crippen molar-refractivity contribution >= 4 is 11.6 Å². The molecule has 7 heteroatoms. The van der Waals surface area contributed by atoms with Crippen LogP contribution in [0.25, 0.3) is 0 Å². The average molecular weight is 179 g/mol. The number of anilines is 2. The molecule has 0 aromatic carbocycles. The molecule has 0 aliphatic rings. The van der Waals surface area contributed by atoms with Crippen LogP contribution in [0.15, 0.2) is 12.4 Å². The number of nitrogens with two attached hydrogens (primary N) is 2. The van der Waals surface area contributed by atoms with Gasteiger partial charge >= 0.3 is 0 Å². The SMILES string of the molecule is Nc1cnn(Cc2nc(N)n[nH]2)c1. The van der Waals surface area contributed by atoms with Gasteiger partial charge in [0.25, 0.3) is 0 Å². The molecule has 5 N–H and O–H groups in total. The van der Waals surface area contributed by atoms with E-state index in [9.17, 15) is 0 Å². The summed E-state index contributed by atoms with van der Waals surface area (Å²) in [6.45, 7) is 0.488. The van der Waals surface area contributed by atoms with Crippen molar-refractivity contribution in [3.63, 3.8) is 0 Å². The molecule has 0 unspecified atom stereocenters. The molecule has 2 rings (SSSR count). The highest BCUT2D eigenvalue weighted by Gasteiger charge is 2.01. The third-order valence-corrected chi connectivity index (χ3v) is 1.51. The summed E-state index contributed by atoms with van der Waals surface area (Å²) in [5.74, 6) is 0.885. The Morgan fingerprint density at radius 2 is 2.31 bits per heavy atom. The van der Waals surface area contributed by atoms with Crippen LogP contribution in [-0.2, 0) is 6.54 Å². The van der Waals surface area contributed by atoms with Crippen LogP contribution in [0.3, 0.4) is 0 Å². The molecule has 2 heterocycles. The third-order valence-electron chi connectivity index (χ3n) is 1.51. The van der Waals surface area contributed by atoms with Crippen LogP contribution >= 0.6 is 0 Å². The molecular weight excluding hydrogens is 170 g/mol. The molecule has 0 saturated heterocycles. The smallest absolute Gasteiger partial charge is 0.239 e. The Morgan fingerprint density at radius 3 is 2.85 bits per heavy atom. The van der Waals surface area contributed by atoms with Crippen molar-refractivity contribution in [2.24, 2.45) is 0 Å². The van der Waals surface area contributed by atoms with E-state index in [1.54, 1.807) is 17.1 Å². The van der Waals surface area contributed by atoms with Crippen LogP contribution < -0.4 is 11.5 Å². The van der Waals surface area contributed by atoms with E-state index in [2.05, 4.69) is 20.3 Å². The van der Waals surface area contributed by atoms with Gasteiger partial charge in [0.15, 0.2) is 0 Å². The van der Waals surface area contributed by atoms with Gasteiger partial charge in [-0.05, 0) is 0 Å². The highest BCUT2D eigenvalue weighted by Crippen LogP contribution is 2.01. The first kappa shape index (κ1) is 7.59. The number of rotatable bonds is 2. The molecule has 0 bridgehead atoms. The number of hydrogen-bond donors (Lipinski definition) is 3. The van der Waals surface area contributed by atoms with Gasteiger partial charge in [0, 0.05) is 6.20 Å². The minimum absolute atomic E-state index is 0.232. The van der Waals surface area contributed by atoms with E-state index in [1.807, 2.05) is 0 Å². The maximum Gasteiger partial charge on any atom is 0.239 e. The minimum atomic E-state index is 0.232. The Labute approximate surface area is 73.8 Å². The van der Waals surface area contributed by atoms with Crippen LogP contribution in [-0.4, -0.2) is 25.0 Å². The molecule has 2 aromatic rings. The molecule has 0 radical (unpaired) electrons. The summed E-state index contributed by atoms with van der Waals surface area (Å²) in [5, 5.41) is 10.3. The van der Waals surface area contributed by atoms with Crippen molar-refractivity contribution < 1.29 is 0 Å². The summed E-state index contributed by atoms with van der Waals surface area (Å²) in [4.78, 5) is 3.92. The molecule has 0 amide bonds. The predicted molar refractivity (Wildman–Crippen MR) is 46.5 cm³/mol. The number of aromatic nitrogens is 5. The van der Waals surface area contributed by atoms with E-state index < -0.39 is 0 Å². The lowest BCUT2D eigenvalue weighted by atomic mass is 10.6. The lowest BCUT2D eigenvalue weighted by molar-refractivity contribution is 0.658. The maximum atomic E-state index is 5.48. The van der Waals surface area contributed by atoms with Crippen molar-refractivity contribution in [3.05, 3.63) is 18.2 Å². The monoisotopic (exact) mass is 179 g/mol. The predicted octanol–water partition coefficient (Wildman–Crippen LogP) is -0.786. The quantitative estimate of drug-likeness (QED) is 0.559. The highest BCUT2D eigenvalue weighted by molar-refractivity contribution is 5.30. The molecule has 0 saturated carbocycles. The van der Waals surface area contributed by atoms with Gasteiger partial charge < -0.3 is 11.5 Å². The van der Waals surface area contributed by atoms with Gasteiger partial charge in [-0.1, -0.05) is 0 Å². The van der Waals surface area contributed by atoms with Crippen LogP contribution in [0, 0.1) is 0 Å². The fourth-order valence-corrected chi connectivity index (χ4v) is 1.00. The molecule has 7 nitrogen and oxygen atoms in total. The van der Waals surface area contributed by atoms with Gasteiger partial charge in [0.2, 0.25) is 5.95 Å². The van der Waals surface area contributed by atoms with Crippen LogP contribution in [0.2, 0.25) is 0 Å². The highest BCUT2D eigenvalue weighted by atomic mass is 15.3. The fraction of sp³-hybridized carbons (Fsp3) is 0.167. The van der Waals surface area contributed by atoms with Gasteiger partial charge in [0.05, 0.1) is 11.9 Å². The van der Waals surface area contributed by atoms with Crippen LogP contribution in [0.4, 0.5) is 11.6 Å². The zero-order valence-electron chi connectivity index (χ0n) is 6.81. The summed E-state index contributed by atoms with van der Waals surface area (Å²) in [6, 6.07) is 0. The van der Waals surface area contributed by atoms with Gasteiger partial charge in [-0.15, -0.1) is 5.10 Å². The number of nitrogens with zero attached hydrogens (tertiary/aromatic N) is 4. The van der Waals surface area contributed by atoms with E-state index in [1.165, 1.54) is 0 Å². The van der Waals surface area contributed by atoms with E-state index in [0.717, 1.165) is 0 Å². The van der Waals surface area contributed by atoms with Crippen molar-refractivity contribution in [1.82, 2.24) is 25.0 Å². The van der Waals surface area contributed by atoms with Gasteiger partial charge in [-0.2, -0.15) is 10.1 Å². The fourth-order valence-electron chi connectivity index (χ4n) is 1.00. The van der Waals surface area contributed by atoms with Gasteiger partial charge in [-0.3, -0.25) is 9.78 Å². The number of nitrogen functional groups attached to an aromatic ring is 2. The molecule has 2 aromatic heterocycles. The number of aromatic amines is 1. The third kappa shape index (κ3) is 1.58. The Morgan fingerprint density at radius 1 is 1.46 bits per heavy atom. The Hall–Kier alpha value is -2.05. The van der Waals surface area contributed by atoms with Crippen molar-refractivity contribution in [1.29, 1.82) is 0 Å². The van der Waals surface area contributed by atoms with Crippen LogP contribution in [0.1, 0.15) is 5.82 Å². The normalized spacial score (nSPS) is 10.5. The number of H-pyrrole nitrogens is 1. The zero-order valence-corrected chi connectivity index (χ0v) is 6.81. The molecular formula is C6H9N7. The first-order valence-corrected chi connectivity index (χ1v) is 3.69. The standard InChI is InChI=1S/C6H9N7/c7-4-1-9-13(2-4)3-5-10-6(8)12-11-5/h1-2H,3,7H2,(H3,8,10,11,12). The molecule has 0 aliphatic carbocycles. The summed E-state index contributed by atoms with van der Waals surface area (Å²) in [5.41, 5.74) is 11.4. The van der Waals surface area contributed by atoms with Gasteiger partial charge in [0.1, 0.15) is 12.4 Å². The van der Waals surface area contributed by atoms with Gasteiger partial charge in [-0.25, -0.2) is 0 Å². The maximum absolute atomic E-state index is 5.48. The van der Waals surface area contributed by atoms with Crippen LogP contribution in [0.5, 0.6) is 0 Å². The van der Waals surface area contributed by atoms with Crippen molar-refractivity contribution in [2.45, 2.75) is 6.54 Å². The van der Waals surface area contributed by atoms with E-state index in [4.69, 9.17) is 11.5 Å². The Bertz CT molecular complexity index is 362. The number of nitrogens with one attached hydrogen (secondary N) is 1. The second kappa shape index (κ2) is 2.77. The Kier molecular flexibility index (Phi) is 1.62. The second-order valence-corrected chi connectivity index (χ2v) is 2.61. The van der Waals surface area contributed by atoms with E-state index in [0.29, 0.717) is 18.1 Å². The summed E-state index contributed by atoms with van der Waals surface area (Å²) >= 11 is 0. The Balaban J connectivity index is 2.14. The molecule has 0 spiro atoms. The molecule has 0 atom stereocenters. The lowest BCUT2D eigenvalue weighted by Crippen LogP contribution is -2.01. The summed E-state index contributed by atoms with van der Waals surface area (Å²) in [6.07, 6.45) is 3.28. The minimum Gasteiger partial charge on any atom is -0.396 e. The van der Waals surface area contributed by atoms with E-state index in [-0.39, 0.29) is 5.95 Å². The first-order valence-electron chi connectivity index (χ1n) is 3.69. The second-order valence-electron chi connectivity index (χ2n) is 2.61. The summed E-state index contributed by atoms with van der Waals surface area (Å²) in [7, 11) is 0. The van der Waals surface area contributed by atoms with Crippen molar-refractivity contribution in [3.8, 4) is 0 Å². The van der Waals surface area contributed by atoms with E-state index >= 15 is 0 Å². The first-order chi connectivity index (χ1) is 6.24. The average Bonchev–Trinajstić information content (AvgIpc) is 2.62. The zero-order chi connectivity index (χ0) is 9.26. The molecule has 13 heavy (non-hydrogen) atoms. The lowest BCUT2D eigenvalue weighted by Gasteiger charge is -1.94. The molecule has 68 valence electrons. The molecule has 0 fully saturated rings. The topological polar surface area (TPSA) is 111 Å². The molecule has 0 aliphatic heterocycles. The summed E-state index contributed by atoms with van der Waals surface area (Å²) < 4.78 is 1.65. The van der Waals surface area contributed by atoms with Crippen molar-refractivity contribution in [2.75, 3.05) is 11.5 Å². The number of hydrogen-bond acceptors (Lipinski definition) is 5.